The van der Waals surface area contributed by atoms with Gasteiger partial charge in [0.25, 0.3) is 0 Å². The second kappa shape index (κ2) is 7.04. The number of aliphatic hydroxyl groups excluding tert-OH is 3. The smallest absolute Gasteiger partial charge is 0.167 e. The Balaban J connectivity index is 1.59. The number of hydrogen-bond acceptors (Lipinski definition) is 10. The van der Waals surface area contributed by atoms with E-state index >= 15 is 0 Å². The summed E-state index contributed by atoms with van der Waals surface area (Å²) in [6.45, 7) is -0.0596. The molecule has 0 saturated carbocycles. The van der Waals surface area contributed by atoms with E-state index in [1.165, 1.54) is 29.5 Å². The summed E-state index contributed by atoms with van der Waals surface area (Å²) in [5.41, 5.74) is 1.55. The molecule has 27 heavy (non-hydrogen) atoms. The third-order valence-corrected chi connectivity index (χ3v) is 4.40. The normalized spacial score (nSPS) is 25.1. The number of rotatable bonds is 5. The van der Waals surface area contributed by atoms with Crippen molar-refractivity contribution in [3.05, 3.63) is 36.7 Å². The van der Waals surface area contributed by atoms with Crippen LogP contribution < -0.4 is 5.32 Å². The Morgan fingerprint density at radius 3 is 2.67 bits per heavy atom. The zero-order valence-corrected chi connectivity index (χ0v) is 14.0. The molecule has 5 N–H and O–H groups in total. The van der Waals surface area contributed by atoms with Crippen molar-refractivity contribution in [2.24, 2.45) is 0 Å². The number of aromatic nitrogens is 5. The van der Waals surface area contributed by atoms with Crippen molar-refractivity contribution in [1.29, 1.82) is 0 Å². The lowest BCUT2D eigenvalue weighted by molar-refractivity contribution is -0.0511. The molecular formula is C16H18N6O5. The van der Waals surface area contributed by atoms with Crippen LogP contribution in [0.2, 0.25) is 0 Å². The van der Waals surface area contributed by atoms with Gasteiger partial charge >= 0.3 is 0 Å². The molecule has 0 amide bonds. The third-order valence-electron chi connectivity index (χ3n) is 4.40. The van der Waals surface area contributed by atoms with Gasteiger partial charge in [0.2, 0.25) is 0 Å². The largest absolute Gasteiger partial charge is 0.506 e. The Kier molecular flexibility index (Phi) is 4.58. The molecule has 4 rings (SSSR count). The standard InChI is InChI=1S/C16H18N6O5/c23-5-10-12(25)13(26)16(27-10)22-7-21-11-14(19-6-20-15(11)22)18-3-8-1-2-9(24)4-17-8/h1-2,4,6-7,10,12-13,16,23-26H,3,5H2,(H,18,19,20). The molecule has 1 aliphatic heterocycles. The minimum Gasteiger partial charge on any atom is -0.506 e. The lowest BCUT2D eigenvalue weighted by atomic mass is 10.1. The van der Waals surface area contributed by atoms with Gasteiger partial charge in [0.1, 0.15) is 30.4 Å². The highest BCUT2D eigenvalue weighted by molar-refractivity contribution is 5.82. The maximum Gasteiger partial charge on any atom is 0.167 e. The summed E-state index contributed by atoms with van der Waals surface area (Å²) in [6, 6.07) is 3.22. The van der Waals surface area contributed by atoms with Crippen LogP contribution >= 0.6 is 0 Å². The molecule has 3 aromatic heterocycles. The monoisotopic (exact) mass is 374 g/mol. The molecule has 3 aromatic rings. The fourth-order valence-corrected chi connectivity index (χ4v) is 2.97. The second-order valence-corrected chi connectivity index (χ2v) is 6.14. The number of nitrogens with zero attached hydrogens (tertiary/aromatic N) is 5. The van der Waals surface area contributed by atoms with Gasteiger partial charge in [-0.25, -0.2) is 15.0 Å². The first kappa shape index (κ1) is 17.5. The van der Waals surface area contributed by atoms with Crippen molar-refractivity contribution in [1.82, 2.24) is 24.5 Å². The highest BCUT2D eigenvalue weighted by Crippen LogP contribution is 2.32. The Labute approximate surface area is 152 Å². The van der Waals surface area contributed by atoms with Gasteiger partial charge in [0.05, 0.1) is 31.4 Å². The second-order valence-electron chi connectivity index (χ2n) is 6.14. The fraction of sp³-hybridized carbons (Fsp3) is 0.375. The van der Waals surface area contributed by atoms with Crippen LogP contribution in [0.3, 0.4) is 0 Å². The van der Waals surface area contributed by atoms with E-state index in [0.29, 0.717) is 29.2 Å². The maximum absolute atomic E-state index is 10.2. The third kappa shape index (κ3) is 3.17. The summed E-state index contributed by atoms with van der Waals surface area (Å²) >= 11 is 0. The van der Waals surface area contributed by atoms with Gasteiger partial charge < -0.3 is 30.5 Å². The quantitative estimate of drug-likeness (QED) is 0.381. The molecule has 1 fully saturated rings. The van der Waals surface area contributed by atoms with Crippen LogP contribution in [0, 0.1) is 0 Å². The van der Waals surface area contributed by atoms with E-state index in [1.54, 1.807) is 6.07 Å². The molecule has 4 heterocycles. The summed E-state index contributed by atoms with van der Waals surface area (Å²) in [7, 11) is 0. The summed E-state index contributed by atoms with van der Waals surface area (Å²) in [5, 5.41) is 41.8. The minimum absolute atomic E-state index is 0.0837. The van der Waals surface area contributed by atoms with Crippen LogP contribution in [0.1, 0.15) is 11.9 Å². The molecule has 0 aliphatic carbocycles. The Bertz CT molecular complexity index is 933. The molecule has 0 radical (unpaired) electrons. The van der Waals surface area contributed by atoms with Gasteiger partial charge in [-0.05, 0) is 12.1 Å². The Morgan fingerprint density at radius 2 is 1.96 bits per heavy atom. The average molecular weight is 374 g/mol. The van der Waals surface area contributed by atoms with Crippen LogP contribution in [0.5, 0.6) is 5.75 Å². The molecule has 0 spiro atoms. The molecule has 0 bridgehead atoms. The highest BCUT2D eigenvalue weighted by Gasteiger charge is 2.44. The zero-order valence-electron chi connectivity index (χ0n) is 14.0. The van der Waals surface area contributed by atoms with Crippen LogP contribution in [0.4, 0.5) is 5.82 Å². The minimum atomic E-state index is -1.23. The summed E-state index contributed by atoms with van der Waals surface area (Å²) in [5.74, 6) is 0.542. The van der Waals surface area contributed by atoms with E-state index in [4.69, 9.17) is 4.74 Å². The molecule has 0 aromatic carbocycles. The molecule has 142 valence electrons. The Morgan fingerprint density at radius 1 is 1.11 bits per heavy atom. The number of imidazole rings is 1. The average Bonchev–Trinajstić information content (AvgIpc) is 3.23. The zero-order chi connectivity index (χ0) is 19.0. The molecule has 1 saturated heterocycles. The predicted molar refractivity (Wildman–Crippen MR) is 91.6 cm³/mol. The number of aliphatic hydroxyl groups is 3. The first-order chi connectivity index (χ1) is 13.1. The fourth-order valence-electron chi connectivity index (χ4n) is 2.97. The number of hydrogen-bond donors (Lipinski definition) is 5. The van der Waals surface area contributed by atoms with Crippen LogP contribution in [-0.2, 0) is 11.3 Å². The van der Waals surface area contributed by atoms with Crippen LogP contribution in [-0.4, -0.2) is 69.8 Å². The van der Waals surface area contributed by atoms with Crippen molar-refractivity contribution < 1.29 is 25.2 Å². The van der Waals surface area contributed by atoms with Crippen LogP contribution in [0.25, 0.3) is 11.2 Å². The molecule has 11 heteroatoms. The van der Waals surface area contributed by atoms with E-state index in [9.17, 15) is 20.4 Å². The number of nitrogens with one attached hydrogen (secondary N) is 1. The maximum atomic E-state index is 10.2. The van der Waals surface area contributed by atoms with Crippen LogP contribution in [0.15, 0.2) is 31.0 Å². The lowest BCUT2D eigenvalue weighted by Crippen LogP contribution is -2.33. The van der Waals surface area contributed by atoms with Crippen molar-refractivity contribution in [3.8, 4) is 5.75 Å². The molecular weight excluding hydrogens is 356 g/mol. The highest BCUT2D eigenvalue weighted by atomic mass is 16.6. The van der Waals surface area contributed by atoms with Gasteiger partial charge in [-0.2, -0.15) is 0 Å². The number of aromatic hydroxyl groups is 1. The number of pyridine rings is 1. The Hall–Kier alpha value is -2.86. The van der Waals surface area contributed by atoms with Gasteiger partial charge in [-0.3, -0.25) is 9.55 Å². The number of ether oxygens (including phenoxy) is 1. The van der Waals surface area contributed by atoms with E-state index in [-0.39, 0.29) is 5.75 Å². The van der Waals surface area contributed by atoms with Crippen molar-refractivity contribution in [2.75, 3.05) is 11.9 Å². The summed E-state index contributed by atoms with van der Waals surface area (Å²) in [6.07, 6.45) is -0.128. The van der Waals surface area contributed by atoms with Crippen molar-refractivity contribution >= 4 is 17.0 Å². The first-order valence-corrected chi connectivity index (χ1v) is 8.26. The van der Waals surface area contributed by atoms with Crippen molar-refractivity contribution in [2.45, 2.75) is 31.1 Å². The molecule has 4 atom stereocenters. The molecule has 11 nitrogen and oxygen atoms in total. The molecule has 1 aliphatic rings. The van der Waals surface area contributed by atoms with E-state index in [0.717, 1.165) is 0 Å². The predicted octanol–water partition coefficient (Wildman–Crippen LogP) is -0.850. The van der Waals surface area contributed by atoms with E-state index < -0.39 is 31.1 Å². The van der Waals surface area contributed by atoms with E-state index in [2.05, 4.69) is 25.3 Å². The van der Waals surface area contributed by atoms with Crippen molar-refractivity contribution in [3.63, 3.8) is 0 Å². The van der Waals surface area contributed by atoms with Gasteiger partial charge in [0.15, 0.2) is 23.2 Å². The SMILES string of the molecule is OCC1OC(n2cnc3c(NCc4ccc(O)cn4)ncnc32)C(O)C1O. The van der Waals surface area contributed by atoms with Gasteiger partial charge in [-0.15, -0.1) is 0 Å². The summed E-state index contributed by atoms with van der Waals surface area (Å²) in [4.78, 5) is 16.7. The lowest BCUT2D eigenvalue weighted by Gasteiger charge is -2.16. The van der Waals surface area contributed by atoms with Gasteiger partial charge in [0, 0.05) is 0 Å². The van der Waals surface area contributed by atoms with Gasteiger partial charge in [-0.1, -0.05) is 0 Å². The topological polar surface area (TPSA) is 159 Å². The molecule has 4 unspecified atom stereocenters. The van der Waals surface area contributed by atoms with E-state index in [1.807, 2.05) is 0 Å². The first-order valence-electron chi connectivity index (χ1n) is 8.26. The number of fused-ring (bicyclic) bond motifs is 1. The summed E-state index contributed by atoms with van der Waals surface area (Å²) < 4.78 is 7.02. The number of anilines is 1.